The maximum atomic E-state index is 5.85. The maximum Gasteiger partial charge on any atom is 0.122 e. The third-order valence-electron chi connectivity index (χ3n) is 3.88. The van der Waals surface area contributed by atoms with Crippen LogP contribution in [0.5, 0.6) is 5.75 Å². The molecule has 0 amide bonds. The van der Waals surface area contributed by atoms with Crippen molar-refractivity contribution in [2.45, 2.75) is 25.6 Å². The average Bonchev–Trinajstić information content (AvgIpc) is 2.94. The van der Waals surface area contributed by atoms with Crippen molar-refractivity contribution in [3.63, 3.8) is 0 Å². The predicted molar refractivity (Wildman–Crippen MR) is 80.2 cm³/mol. The van der Waals surface area contributed by atoms with Gasteiger partial charge in [-0.15, -0.1) is 0 Å². The molecule has 1 unspecified atom stereocenters. The number of likely N-dealkylation sites (N-methyl/N-ethyl adjacent to an activating group) is 1. The molecule has 1 aliphatic rings. The summed E-state index contributed by atoms with van der Waals surface area (Å²) >= 11 is 0. The Bertz CT molecular complexity index is 597. The van der Waals surface area contributed by atoms with Crippen LogP contribution in [0.15, 0.2) is 30.3 Å². The van der Waals surface area contributed by atoms with Crippen LogP contribution in [0.3, 0.4) is 0 Å². The third-order valence-corrected chi connectivity index (χ3v) is 3.88. The van der Waals surface area contributed by atoms with Crippen molar-refractivity contribution in [3.8, 4) is 5.75 Å². The predicted octanol–water partition coefficient (Wildman–Crippen LogP) is 1.99. The SMILES string of the molecule is COCc1cc(CN(C)C2COc3ccccc3C2)n[nH]1. The van der Waals surface area contributed by atoms with Gasteiger partial charge in [-0.25, -0.2) is 0 Å². The lowest BCUT2D eigenvalue weighted by molar-refractivity contribution is 0.136. The molecule has 0 saturated carbocycles. The van der Waals surface area contributed by atoms with Crippen molar-refractivity contribution in [1.82, 2.24) is 15.1 Å². The fourth-order valence-corrected chi connectivity index (χ4v) is 2.70. The van der Waals surface area contributed by atoms with Gasteiger partial charge in [-0.2, -0.15) is 5.10 Å². The van der Waals surface area contributed by atoms with E-state index in [4.69, 9.17) is 9.47 Å². The summed E-state index contributed by atoms with van der Waals surface area (Å²) in [5.74, 6) is 1.02. The van der Waals surface area contributed by atoms with Crippen LogP contribution in [-0.4, -0.2) is 41.9 Å². The summed E-state index contributed by atoms with van der Waals surface area (Å²) in [6.45, 7) is 2.09. The molecular weight excluding hydrogens is 266 g/mol. The fraction of sp³-hybridized carbons (Fsp3) is 0.438. The number of hydrogen-bond donors (Lipinski definition) is 1. The lowest BCUT2D eigenvalue weighted by Crippen LogP contribution is -2.40. The zero-order chi connectivity index (χ0) is 14.7. The molecule has 0 radical (unpaired) electrons. The molecule has 3 rings (SSSR count). The maximum absolute atomic E-state index is 5.85. The summed E-state index contributed by atoms with van der Waals surface area (Å²) in [7, 11) is 3.80. The monoisotopic (exact) mass is 287 g/mol. The molecule has 1 aromatic heterocycles. The van der Waals surface area contributed by atoms with E-state index in [2.05, 4.69) is 40.3 Å². The lowest BCUT2D eigenvalue weighted by Gasteiger charge is -2.32. The van der Waals surface area contributed by atoms with Crippen LogP contribution in [-0.2, 0) is 24.3 Å². The average molecular weight is 287 g/mol. The Balaban J connectivity index is 1.62. The minimum absolute atomic E-state index is 0.377. The smallest absolute Gasteiger partial charge is 0.122 e. The van der Waals surface area contributed by atoms with Gasteiger partial charge < -0.3 is 9.47 Å². The summed E-state index contributed by atoms with van der Waals surface area (Å²) < 4.78 is 10.9. The summed E-state index contributed by atoms with van der Waals surface area (Å²) in [5.41, 5.74) is 3.32. The quantitative estimate of drug-likeness (QED) is 0.913. The zero-order valence-corrected chi connectivity index (χ0v) is 12.5. The molecule has 0 aliphatic carbocycles. The second-order valence-corrected chi connectivity index (χ2v) is 5.51. The number of benzene rings is 1. The molecule has 21 heavy (non-hydrogen) atoms. The molecule has 1 N–H and O–H groups in total. The van der Waals surface area contributed by atoms with Gasteiger partial charge in [-0.05, 0) is 31.2 Å². The Labute approximate surface area is 124 Å². The second kappa shape index (κ2) is 6.28. The number of para-hydroxylation sites is 1. The molecule has 0 fully saturated rings. The van der Waals surface area contributed by atoms with Crippen molar-refractivity contribution >= 4 is 0 Å². The van der Waals surface area contributed by atoms with Gasteiger partial charge in [-0.1, -0.05) is 18.2 Å². The normalized spacial score (nSPS) is 17.6. The largest absolute Gasteiger partial charge is 0.492 e. The third kappa shape index (κ3) is 3.25. The van der Waals surface area contributed by atoms with E-state index in [1.807, 2.05) is 12.1 Å². The van der Waals surface area contributed by atoms with Gasteiger partial charge in [-0.3, -0.25) is 10.00 Å². The van der Waals surface area contributed by atoms with Crippen molar-refractivity contribution < 1.29 is 9.47 Å². The topological polar surface area (TPSA) is 50.4 Å². The molecule has 0 spiro atoms. The Morgan fingerprint density at radius 1 is 1.43 bits per heavy atom. The highest BCUT2D eigenvalue weighted by Gasteiger charge is 2.23. The summed E-state index contributed by atoms with van der Waals surface area (Å²) in [5, 5.41) is 7.32. The van der Waals surface area contributed by atoms with Gasteiger partial charge in [0, 0.05) is 19.7 Å². The highest BCUT2D eigenvalue weighted by molar-refractivity contribution is 5.35. The standard InChI is InChI=1S/C16H21N3O2/c1-19(9-13-8-14(10-20-2)18-17-13)15-7-12-5-3-4-6-16(12)21-11-15/h3-6,8,15H,7,9-11H2,1-2H3,(H,17,18). The fourth-order valence-electron chi connectivity index (χ4n) is 2.70. The molecule has 2 heterocycles. The highest BCUT2D eigenvalue weighted by Crippen LogP contribution is 2.26. The molecule has 0 bridgehead atoms. The first kappa shape index (κ1) is 14.1. The van der Waals surface area contributed by atoms with Gasteiger partial charge in [0.05, 0.1) is 18.0 Å². The first-order valence-electron chi connectivity index (χ1n) is 7.19. The second-order valence-electron chi connectivity index (χ2n) is 5.51. The number of H-pyrrole nitrogens is 1. The summed E-state index contributed by atoms with van der Waals surface area (Å²) in [6, 6.07) is 10.7. The van der Waals surface area contributed by atoms with E-state index in [0.717, 1.165) is 36.7 Å². The number of methoxy groups -OCH3 is 1. The van der Waals surface area contributed by atoms with E-state index >= 15 is 0 Å². The number of rotatable bonds is 5. The zero-order valence-electron chi connectivity index (χ0n) is 12.5. The van der Waals surface area contributed by atoms with Crippen LogP contribution in [0.25, 0.3) is 0 Å². The molecular formula is C16H21N3O2. The Morgan fingerprint density at radius 2 is 2.29 bits per heavy atom. The molecule has 1 aliphatic heterocycles. The van der Waals surface area contributed by atoms with Crippen molar-refractivity contribution in [3.05, 3.63) is 47.3 Å². The minimum atomic E-state index is 0.377. The molecule has 1 atom stereocenters. The van der Waals surface area contributed by atoms with Crippen molar-refractivity contribution in [2.24, 2.45) is 0 Å². The Hall–Kier alpha value is -1.85. The lowest BCUT2D eigenvalue weighted by atomic mass is 10.0. The number of aromatic amines is 1. The number of nitrogens with one attached hydrogen (secondary N) is 1. The van der Waals surface area contributed by atoms with Crippen LogP contribution < -0.4 is 4.74 Å². The molecule has 5 heteroatoms. The van der Waals surface area contributed by atoms with E-state index in [1.54, 1.807) is 7.11 Å². The number of fused-ring (bicyclic) bond motifs is 1. The molecule has 1 aromatic carbocycles. The van der Waals surface area contributed by atoms with Gasteiger partial charge in [0.15, 0.2) is 0 Å². The molecule has 0 saturated heterocycles. The van der Waals surface area contributed by atoms with Gasteiger partial charge in [0.2, 0.25) is 0 Å². The van der Waals surface area contributed by atoms with E-state index in [-0.39, 0.29) is 0 Å². The minimum Gasteiger partial charge on any atom is -0.492 e. The van der Waals surface area contributed by atoms with E-state index in [1.165, 1.54) is 5.56 Å². The first-order chi connectivity index (χ1) is 10.3. The van der Waals surface area contributed by atoms with Crippen LogP contribution in [0, 0.1) is 0 Å². The van der Waals surface area contributed by atoms with E-state index in [9.17, 15) is 0 Å². The Morgan fingerprint density at radius 3 is 3.14 bits per heavy atom. The summed E-state index contributed by atoms with van der Waals surface area (Å²) in [6.07, 6.45) is 1.02. The van der Waals surface area contributed by atoms with Gasteiger partial charge >= 0.3 is 0 Å². The van der Waals surface area contributed by atoms with Gasteiger partial charge in [0.25, 0.3) is 0 Å². The van der Waals surface area contributed by atoms with Crippen LogP contribution in [0.4, 0.5) is 0 Å². The number of ether oxygens (including phenoxy) is 2. The summed E-state index contributed by atoms with van der Waals surface area (Å²) in [4.78, 5) is 2.29. The Kier molecular flexibility index (Phi) is 4.22. The van der Waals surface area contributed by atoms with E-state index in [0.29, 0.717) is 12.6 Å². The van der Waals surface area contributed by atoms with Crippen molar-refractivity contribution in [2.75, 3.05) is 20.8 Å². The van der Waals surface area contributed by atoms with Crippen LogP contribution in [0.1, 0.15) is 17.0 Å². The van der Waals surface area contributed by atoms with Crippen LogP contribution >= 0.6 is 0 Å². The molecule has 112 valence electrons. The first-order valence-corrected chi connectivity index (χ1v) is 7.19. The van der Waals surface area contributed by atoms with E-state index < -0.39 is 0 Å². The number of aromatic nitrogens is 2. The molecule has 5 nitrogen and oxygen atoms in total. The van der Waals surface area contributed by atoms with Gasteiger partial charge in [0.1, 0.15) is 12.4 Å². The number of hydrogen-bond acceptors (Lipinski definition) is 4. The number of nitrogens with zero attached hydrogens (tertiary/aromatic N) is 2. The van der Waals surface area contributed by atoms with Crippen molar-refractivity contribution in [1.29, 1.82) is 0 Å². The highest BCUT2D eigenvalue weighted by atomic mass is 16.5. The van der Waals surface area contributed by atoms with Crippen LogP contribution in [0.2, 0.25) is 0 Å². The molecule has 2 aromatic rings.